The van der Waals surface area contributed by atoms with Crippen LogP contribution in [-0.2, 0) is 26.1 Å². The second-order valence-corrected chi connectivity index (χ2v) is 4.21. The van der Waals surface area contributed by atoms with Gasteiger partial charge in [0.2, 0.25) is 0 Å². The van der Waals surface area contributed by atoms with E-state index in [2.05, 4.69) is 25.1 Å². The lowest BCUT2D eigenvalue weighted by molar-refractivity contribution is 0.276. The van der Waals surface area contributed by atoms with Crippen LogP contribution in [0.5, 0.6) is 0 Å². The Hall–Kier alpha value is -1.76. The number of aromatic nitrogens is 6. The molecule has 0 aliphatic carbocycles. The van der Waals surface area contributed by atoms with Gasteiger partial charge in [0.25, 0.3) is 0 Å². The maximum atomic E-state index is 8.92. The molecule has 2 aromatic heterocycles. The van der Waals surface area contributed by atoms with Crippen molar-refractivity contribution in [2.75, 3.05) is 0 Å². The van der Waals surface area contributed by atoms with Crippen LogP contribution in [0.2, 0.25) is 0 Å². The molecule has 3 heterocycles. The van der Waals surface area contributed by atoms with Crippen molar-refractivity contribution in [1.29, 1.82) is 0 Å². The minimum atomic E-state index is -0.0854. The lowest BCUT2D eigenvalue weighted by Crippen LogP contribution is -2.15. The Balaban J connectivity index is 1.82. The van der Waals surface area contributed by atoms with Gasteiger partial charge in [0.1, 0.15) is 18.1 Å². The van der Waals surface area contributed by atoms with Gasteiger partial charge in [-0.15, -0.1) is 15.3 Å². The Morgan fingerprint density at radius 2 is 2.18 bits per heavy atom. The molecule has 0 fully saturated rings. The van der Waals surface area contributed by atoms with Gasteiger partial charge in [-0.3, -0.25) is 0 Å². The van der Waals surface area contributed by atoms with Crippen LogP contribution < -0.4 is 0 Å². The molecule has 0 saturated heterocycles. The van der Waals surface area contributed by atoms with Crippen molar-refractivity contribution in [3.8, 4) is 0 Å². The van der Waals surface area contributed by atoms with Crippen LogP contribution in [0, 0.1) is 0 Å². The monoisotopic (exact) mass is 234 g/mol. The van der Waals surface area contributed by atoms with E-state index in [0.29, 0.717) is 12.2 Å². The number of aliphatic hydroxyl groups is 1. The van der Waals surface area contributed by atoms with Crippen LogP contribution >= 0.6 is 0 Å². The molecular formula is C10H14N6O. The molecular weight excluding hydrogens is 220 g/mol. The summed E-state index contributed by atoms with van der Waals surface area (Å²) in [5, 5.41) is 25.1. The van der Waals surface area contributed by atoms with Crippen molar-refractivity contribution in [1.82, 2.24) is 29.8 Å². The summed E-state index contributed by atoms with van der Waals surface area (Å²) < 4.78 is 3.83. The third-order valence-electron chi connectivity index (χ3n) is 2.99. The molecule has 0 saturated carbocycles. The summed E-state index contributed by atoms with van der Waals surface area (Å²) >= 11 is 0. The second-order valence-electron chi connectivity index (χ2n) is 4.21. The minimum Gasteiger partial charge on any atom is -0.390 e. The number of aryl methyl sites for hydroxylation is 1. The van der Waals surface area contributed by atoms with Gasteiger partial charge in [0, 0.05) is 13.0 Å². The van der Waals surface area contributed by atoms with Gasteiger partial charge in [-0.2, -0.15) is 0 Å². The van der Waals surface area contributed by atoms with E-state index < -0.39 is 0 Å². The highest BCUT2D eigenvalue weighted by atomic mass is 16.3. The molecule has 3 rings (SSSR count). The Bertz CT molecular complexity index is 517. The Morgan fingerprint density at radius 1 is 1.24 bits per heavy atom. The van der Waals surface area contributed by atoms with E-state index in [0.717, 1.165) is 24.6 Å². The smallest absolute Gasteiger partial charge is 0.154 e. The Labute approximate surface area is 98.1 Å². The summed E-state index contributed by atoms with van der Waals surface area (Å²) in [6.45, 7) is 1.46. The van der Waals surface area contributed by atoms with Crippen LogP contribution in [0.25, 0.3) is 0 Å². The highest BCUT2D eigenvalue weighted by Crippen LogP contribution is 2.14. The second kappa shape index (κ2) is 4.25. The Morgan fingerprint density at radius 3 is 3.00 bits per heavy atom. The lowest BCUT2D eigenvalue weighted by atomic mass is 10.2. The predicted octanol–water partition coefficient (Wildman–Crippen LogP) is -0.254. The summed E-state index contributed by atoms with van der Waals surface area (Å²) in [5.74, 6) is 1.97. The van der Waals surface area contributed by atoms with Crippen LogP contribution in [-0.4, -0.2) is 34.9 Å². The van der Waals surface area contributed by atoms with Crippen molar-refractivity contribution in [3.05, 3.63) is 23.5 Å². The molecule has 1 aliphatic rings. The van der Waals surface area contributed by atoms with E-state index in [1.165, 1.54) is 12.8 Å². The first-order valence-electron chi connectivity index (χ1n) is 5.77. The van der Waals surface area contributed by atoms with Gasteiger partial charge in [-0.05, 0) is 12.8 Å². The molecule has 0 amide bonds. The van der Waals surface area contributed by atoms with Crippen LogP contribution in [0.1, 0.15) is 30.2 Å². The first-order valence-corrected chi connectivity index (χ1v) is 5.77. The molecule has 0 radical (unpaired) electrons. The SMILES string of the molecule is OCc1cn(Cc2nnc3n2CCCC3)nn1. The minimum absolute atomic E-state index is 0.0854. The molecule has 17 heavy (non-hydrogen) atoms. The number of aliphatic hydroxyl groups excluding tert-OH is 1. The fraction of sp³-hybridized carbons (Fsp3) is 0.600. The highest BCUT2D eigenvalue weighted by Gasteiger charge is 2.16. The van der Waals surface area contributed by atoms with Gasteiger partial charge in [-0.1, -0.05) is 5.21 Å². The first-order chi connectivity index (χ1) is 8.36. The number of fused-ring (bicyclic) bond motifs is 1. The number of nitrogens with zero attached hydrogens (tertiary/aromatic N) is 6. The molecule has 7 nitrogen and oxygen atoms in total. The first kappa shape index (κ1) is 10.4. The quantitative estimate of drug-likeness (QED) is 0.791. The van der Waals surface area contributed by atoms with Crippen molar-refractivity contribution in [2.45, 2.75) is 39.0 Å². The number of rotatable bonds is 3. The highest BCUT2D eigenvalue weighted by molar-refractivity contribution is 5.00. The van der Waals surface area contributed by atoms with Gasteiger partial charge in [0.05, 0.1) is 12.8 Å². The number of hydrogen-bond acceptors (Lipinski definition) is 5. The van der Waals surface area contributed by atoms with Crippen molar-refractivity contribution >= 4 is 0 Å². The van der Waals surface area contributed by atoms with Gasteiger partial charge >= 0.3 is 0 Å². The summed E-state index contributed by atoms with van der Waals surface area (Å²) in [4.78, 5) is 0. The lowest BCUT2D eigenvalue weighted by Gasteiger charge is -2.14. The summed E-state index contributed by atoms with van der Waals surface area (Å²) in [6, 6.07) is 0. The molecule has 0 aromatic carbocycles. The van der Waals surface area contributed by atoms with E-state index >= 15 is 0 Å². The standard InChI is InChI=1S/C10H14N6O/c17-7-8-5-15(14-11-8)6-10-13-12-9-3-1-2-4-16(9)10/h5,17H,1-4,6-7H2. The van der Waals surface area contributed by atoms with E-state index in [1.54, 1.807) is 10.9 Å². The fourth-order valence-electron chi connectivity index (χ4n) is 2.12. The van der Waals surface area contributed by atoms with E-state index in [-0.39, 0.29) is 6.61 Å². The van der Waals surface area contributed by atoms with Crippen LogP contribution in [0.15, 0.2) is 6.20 Å². The summed E-state index contributed by atoms with van der Waals surface area (Å²) in [5.41, 5.74) is 0.573. The normalized spacial score (nSPS) is 14.9. The summed E-state index contributed by atoms with van der Waals surface area (Å²) in [7, 11) is 0. The zero-order valence-electron chi connectivity index (χ0n) is 9.45. The van der Waals surface area contributed by atoms with Crippen LogP contribution in [0.4, 0.5) is 0 Å². The zero-order chi connectivity index (χ0) is 11.7. The Kier molecular flexibility index (Phi) is 2.60. The summed E-state index contributed by atoms with van der Waals surface area (Å²) in [6.07, 6.45) is 5.10. The molecule has 90 valence electrons. The molecule has 0 unspecified atom stereocenters. The van der Waals surface area contributed by atoms with E-state index in [4.69, 9.17) is 5.11 Å². The van der Waals surface area contributed by atoms with Crippen LogP contribution in [0.3, 0.4) is 0 Å². The van der Waals surface area contributed by atoms with Crippen molar-refractivity contribution in [3.63, 3.8) is 0 Å². The molecule has 1 aliphatic heterocycles. The topological polar surface area (TPSA) is 81.6 Å². The number of hydrogen-bond donors (Lipinski definition) is 1. The molecule has 0 atom stereocenters. The third kappa shape index (κ3) is 1.93. The van der Waals surface area contributed by atoms with Crippen molar-refractivity contribution in [2.24, 2.45) is 0 Å². The predicted molar refractivity (Wildman–Crippen MR) is 58.0 cm³/mol. The average Bonchev–Trinajstić information content (AvgIpc) is 2.97. The van der Waals surface area contributed by atoms with E-state index in [9.17, 15) is 0 Å². The largest absolute Gasteiger partial charge is 0.390 e. The third-order valence-corrected chi connectivity index (χ3v) is 2.99. The van der Waals surface area contributed by atoms with E-state index in [1.807, 2.05) is 0 Å². The van der Waals surface area contributed by atoms with Gasteiger partial charge in [0.15, 0.2) is 5.82 Å². The maximum Gasteiger partial charge on any atom is 0.154 e. The molecule has 2 aromatic rings. The van der Waals surface area contributed by atoms with Crippen molar-refractivity contribution < 1.29 is 5.11 Å². The van der Waals surface area contributed by atoms with Gasteiger partial charge < -0.3 is 9.67 Å². The molecule has 1 N–H and O–H groups in total. The zero-order valence-corrected chi connectivity index (χ0v) is 9.45. The molecule has 0 bridgehead atoms. The maximum absolute atomic E-state index is 8.92. The average molecular weight is 234 g/mol. The molecule has 0 spiro atoms. The fourth-order valence-corrected chi connectivity index (χ4v) is 2.12. The molecule has 7 heteroatoms. The van der Waals surface area contributed by atoms with Gasteiger partial charge in [-0.25, -0.2) is 4.68 Å².